The largest absolute Gasteiger partial charge is 0.457 e. The van der Waals surface area contributed by atoms with Crippen LogP contribution in [0, 0.1) is 23.2 Å². The van der Waals surface area contributed by atoms with Crippen molar-refractivity contribution in [1.82, 2.24) is 9.97 Å². The number of ether oxygens (including phenoxy) is 1. The van der Waals surface area contributed by atoms with Crippen molar-refractivity contribution in [3.8, 4) is 56.5 Å². The first-order chi connectivity index (χ1) is 31.0. The molecule has 14 rings (SSSR count). The molecule has 1 aliphatic heterocycles. The number of fused-ring (bicyclic) bond motifs is 12. The Morgan fingerprint density at radius 1 is 0.556 bits per heavy atom. The molecule has 3 saturated carbocycles. The van der Waals surface area contributed by atoms with Crippen LogP contribution in [0.1, 0.15) is 73.8 Å². The van der Waals surface area contributed by atoms with Crippen molar-refractivity contribution in [2.24, 2.45) is 23.2 Å². The molecule has 5 aliphatic rings. The van der Waals surface area contributed by atoms with Gasteiger partial charge in [0.2, 0.25) is 0 Å². The van der Waals surface area contributed by atoms with E-state index in [2.05, 4.69) is 166 Å². The standard InChI is InChI=1S/C59H46N2O2/c1-35-28-29-58-36(2)30-40(58)34-57(58,33-35)39-25-22-37(23-26-39)56-60-50(32-51(61-56)45-16-11-15-44-43-14-5-9-20-52(43)63-55(44)45)38-24-27-54-49(31-38)59(48-19-8-10-21-53(48)62-54)46-17-6-3-12-41(46)42-13-4-7-18-47(42)59/h3-27,31-32,35-36,40H,28-30,33-34H2,1-2H3/t35-,36+,40?,57?,58?/m1/s1. The molecule has 2 spiro atoms. The SMILES string of the molecule is C[C@@H]1CCC23C(C[C@@H]2C)CC3(c2ccc(-c3nc(-c4ccc5c(c4)C4(c6ccccc6O5)c5ccccc5-c5ccccc54)cc(-c4cccc5c4oc4ccccc45)n3)cc2)C1. The molecule has 0 amide bonds. The van der Waals surface area contributed by atoms with Crippen LogP contribution in [-0.4, -0.2) is 9.97 Å². The van der Waals surface area contributed by atoms with Gasteiger partial charge in [0, 0.05) is 44.0 Å². The molecular formula is C59H46N2O2. The Bertz CT molecular complexity index is 3330. The van der Waals surface area contributed by atoms with Crippen molar-refractivity contribution in [2.45, 2.75) is 56.8 Å². The average Bonchev–Trinajstić information content (AvgIpc) is 3.85. The first-order valence-corrected chi connectivity index (χ1v) is 23.0. The molecule has 2 aromatic heterocycles. The smallest absolute Gasteiger partial charge is 0.160 e. The van der Waals surface area contributed by atoms with E-state index in [4.69, 9.17) is 19.1 Å². The summed E-state index contributed by atoms with van der Waals surface area (Å²) in [7, 11) is 0. The van der Waals surface area contributed by atoms with Crippen LogP contribution in [0.25, 0.3) is 67.0 Å². The molecule has 3 heterocycles. The zero-order valence-electron chi connectivity index (χ0n) is 35.6. The highest BCUT2D eigenvalue weighted by Crippen LogP contribution is 2.79. The quantitative estimate of drug-likeness (QED) is 0.178. The van der Waals surface area contributed by atoms with Gasteiger partial charge in [-0.3, -0.25) is 0 Å². The van der Waals surface area contributed by atoms with Crippen LogP contribution in [0.3, 0.4) is 0 Å². The third kappa shape index (κ3) is 4.56. The van der Waals surface area contributed by atoms with Gasteiger partial charge in [-0.2, -0.15) is 0 Å². The molecule has 0 radical (unpaired) electrons. The fourth-order valence-corrected chi connectivity index (χ4v) is 14.1. The number of rotatable bonds is 4. The molecule has 0 N–H and O–H groups in total. The van der Waals surface area contributed by atoms with Crippen LogP contribution in [0.15, 0.2) is 168 Å². The Morgan fingerprint density at radius 2 is 1.22 bits per heavy atom. The minimum absolute atomic E-state index is 0.285. The first kappa shape index (κ1) is 35.8. The minimum Gasteiger partial charge on any atom is -0.457 e. The summed E-state index contributed by atoms with van der Waals surface area (Å²) >= 11 is 0. The molecule has 3 unspecified atom stereocenters. The first-order valence-electron chi connectivity index (χ1n) is 23.0. The molecule has 4 heteroatoms. The van der Waals surface area contributed by atoms with Crippen LogP contribution in [0.5, 0.6) is 11.5 Å². The number of aromatic nitrogens is 2. The van der Waals surface area contributed by atoms with E-state index in [1.165, 1.54) is 59.9 Å². The summed E-state index contributed by atoms with van der Waals surface area (Å²) in [5, 5.41) is 2.18. The monoisotopic (exact) mass is 814 g/mol. The van der Waals surface area contributed by atoms with Gasteiger partial charge in [-0.25, -0.2) is 9.97 Å². The van der Waals surface area contributed by atoms with Gasteiger partial charge in [-0.05, 0) is 119 Å². The molecule has 9 aromatic rings. The van der Waals surface area contributed by atoms with E-state index < -0.39 is 5.41 Å². The predicted octanol–water partition coefficient (Wildman–Crippen LogP) is 14.9. The Labute approximate surface area is 367 Å². The number of hydrogen-bond acceptors (Lipinski definition) is 4. The van der Waals surface area contributed by atoms with E-state index in [1.807, 2.05) is 12.1 Å². The van der Waals surface area contributed by atoms with Crippen LogP contribution in [0.4, 0.5) is 0 Å². The molecule has 304 valence electrons. The predicted molar refractivity (Wildman–Crippen MR) is 252 cm³/mol. The molecule has 0 bridgehead atoms. The topological polar surface area (TPSA) is 48.2 Å². The van der Waals surface area contributed by atoms with Crippen molar-refractivity contribution in [3.05, 3.63) is 192 Å². The highest BCUT2D eigenvalue weighted by atomic mass is 16.5. The normalized spacial score (nSPS) is 24.3. The zero-order chi connectivity index (χ0) is 41.7. The van der Waals surface area contributed by atoms with Crippen LogP contribution >= 0.6 is 0 Å². The van der Waals surface area contributed by atoms with E-state index in [0.29, 0.717) is 11.2 Å². The molecule has 5 atom stereocenters. The minimum atomic E-state index is -0.576. The summed E-state index contributed by atoms with van der Waals surface area (Å²) in [6.45, 7) is 5.00. The summed E-state index contributed by atoms with van der Waals surface area (Å²) in [5.74, 6) is 4.90. The van der Waals surface area contributed by atoms with Crippen molar-refractivity contribution in [2.75, 3.05) is 0 Å². The van der Waals surface area contributed by atoms with E-state index in [-0.39, 0.29) is 5.41 Å². The Kier molecular flexibility index (Phi) is 7.19. The van der Waals surface area contributed by atoms with Gasteiger partial charge in [-0.15, -0.1) is 0 Å². The van der Waals surface area contributed by atoms with Crippen LogP contribution in [-0.2, 0) is 10.8 Å². The maximum Gasteiger partial charge on any atom is 0.160 e. The highest BCUT2D eigenvalue weighted by Gasteiger charge is 2.73. The summed E-state index contributed by atoms with van der Waals surface area (Å²) in [5.41, 5.74) is 15.4. The number of nitrogens with zero attached hydrogens (tertiary/aromatic N) is 2. The Balaban J connectivity index is 0.969. The van der Waals surface area contributed by atoms with Crippen molar-refractivity contribution in [3.63, 3.8) is 0 Å². The molecule has 0 saturated heterocycles. The van der Waals surface area contributed by atoms with Gasteiger partial charge in [0.25, 0.3) is 0 Å². The summed E-state index contributed by atoms with van der Waals surface area (Å²) in [6, 6.07) is 59.3. The number of furan rings is 1. The third-order valence-electron chi connectivity index (χ3n) is 16.7. The summed E-state index contributed by atoms with van der Waals surface area (Å²) in [4.78, 5) is 10.9. The van der Waals surface area contributed by atoms with Gasteiger partial charge in [0.1, 0.15) is 22.7 Å². The molecule has 63 heavy (non-hydrogen) atoms. The van der Waals surface area contributed by atoms with Gasteiger partial charge in [0.15, 0.2) is 5.82 Å². The lowest BCUT2D eigenvalue weighted by atomic mass is 9.26. The zero-order valence-corrected chi connectivity index (χ0v) is 35.6. The Morgan fingerprint density at radius 3 is 2.02 bits per heavy atom. The fourth-order valence-electron chi connectivity index (χ4n) is 14.1. The molecule has 4 aliphatic carbocycles. The third-order valence-corrected chi connectivity index (χ3v) is 16.7. The number of para-hydroxylation sites is 3. The molecule has 3 fully saturated rings. The van der Waals surface area contributed by atoms with Crippen molar-refractivity contribution >= 4 is 21.9 Å². The van der Waals surface area contributed by atoms with Crippen molar-refractivity contribution in [1.29, 1.82) is 0 Å². The lowest BCUT2D eigenvalue weighted by molar-refractivity contribution is -0.242. The second-order valence-corrected chi connectivity index (χ2v) is 19.5. The van der Waals surface area contributed by atoms with Crippen LogP contribution in [0.2, 0.25) is 0 Å². The number of hydrogen-bond donors (Lipinski definition) is 0. The van der Waals surface area contributed by atoms with E-state index in [9.17, 15) is 0 Å². The fraction of sp³-hybridized carbons (Fsp3) is 0.220. The summed E-state index contributed by atoms with van der Waals surface area (Å²) in [6.07, 6.45) is 6.77. The van der Waals surface area contributed by atoms with Gasteiger partial charge in [0.05, 0.1) is 16.8 Å². The van der Waals surface area contributed by atoms with Gasteiger partial charge in [-0.1, -0.05) is 142 Å². The highest BCUT2D eigenvalue weighted by molar-refractivity contribution is 6.09. The number of benzene rings is 7. The second kappa shape index (κ2) is 12.7. The summed E-state index contributed by atoms with van der Waals surface area (Å²) < 4.78 is 13.5. The Hall–Kier alpha value is -6.78. The van der Waals surface area contributed by atoms with E-state index >= 15 is 0 Å². The second-order valence-electron chi connectivity index (χ2n) is 19.5. The van der Waals surface area contributed by atoms with E-state index in [1.54, 1.807) is 0 Å². The van der Waals surface area contributed by atoms with Gasteiger partial charge >= 0.3 is 0 Å². The lowest BCUT2D eigenvalue weighted by Gasteiger charge is -2.77. The lowest BCUT2D eigenvalue weighted by Crippen LogP contribution is -2.72. The van der Waals surface area contributed by atoms with Crippen LogP contribution < -0.4 is 4.74 Å². The van der Waals surface area contributed by atoms with Gasteiger partial charge < -0.3 is 9.15 Å². The van der Waals surface area contributed by atoms with Crippen molar-refractivity contribution < 1.29 is 9.15 Å². The molecule has 4 nitrogen and oxygen atoms in total. The molecule has 7 aromatic carbocycles. The average molecular weight is 815 g/mol. The van der Waals surface area contributed by atoms with E-state index in [0.717, 1.165) is 90.4 Å². The molecular weight excluding hydrogens is 769 g/mol. The maximum atomic E-state index is 6.82. The maximum absolute atomic E-state index is 6.82.